The highest BCUT2D eigenvalue weighted by molar-refractivity contribution is 8.76. The fraction of sp³-hybridized carbons (Fsp3) is 0.0667. The molecule has 0 aliphatic rings. The lowest BCUT2D eigenvalue weighted by Gasteiger charge is -2.26. The van der Waals surface area contributed by atoms with Gasteiger partial charge in [0.2, 0.25) is 0 Å². The maximum Gasteiger partial charge on any atom is 0.342 e. The summed E-state index contributed by atoms with van der Waals surface area (Å²) in [6.07, 6.45) is 0. The Kier molecular flexibility index (Phi) is 6.08. The van der Waals surface area contributed by atoms with Gasteiger partial charge in [0.05, 0.1) is 10.5 Å². The summed E-state index contributed by atoms with van der Waals surface area (Å²) in [5.74, 6) is -2.67. The van der Waals surface area contributed by atoms with E-state index in [2.05, 4.69) is 0 Å². The lowest BCUT2D eigenvalue weighted by Crippen LogP contribution is -2.11. The zero-order chi connectivity index (χ0) is 19.4. The van der Waals surface area contributed by atoms with Crippen LogP contribution in [0.5, 0.6) is 0 Å². The second kappa shape index (κ2) is 8.08. The second-order valence-electron chi connectivity index (χ2n) is 4.89. The molecule has 0 atom stereocenters. The molecule has 2 rings (SSSR count). The third-order valence-electron chi connectivity index (χ3n) is 3.17. The number of carboxylic acid groups (broad SMARTS) is 2. The molecule has 0 amide bonds. The van der Waals surface area contributed by atoms with Crippen LogP contribution < -0.4 is 5.06 Å². The highest BCUT2D eigenvalue weighted by Gasteiger charge is 2.20. The van der Waals surface area contributed by atoms with E-state index in [4.69, 9.17) is 5.11 Å². The molecule has 2 aromatic carbocycles. The van der Waals surface area contributed by atoms with Gasteiger partial charge in [-0.1, -0.05) is 21.6 Å². The number of hydroxylamine groups is 1. The molecule has 0 aliphatic carbocycles. The smallest absolute Gasteiger partial charge is 0.342 e. The van der Waals surface area contributed by atoms with Crippen LogP contribution in [0.3, 0.4) is 0 Å². The number of hydrogen-bond acceptors (Lipinski definition) is 8. The minimum absolute atomic E-state index is 0.00958. The van der Waals surface area contributed by atoms with Gasteiger partial charge in [0.1, 0.15) is 5.56 Å². The van der Waals surface area contributed by atoms with Gasteiger partial charge in [-0.15, -0.1) is 0 Å². The Morgan fingerprint density at radius 1 is 1.00 bits per heavy atom. The fourth-order valence-corrected chi connectivity index (χ4v) is 3.98. The number of aromatic carboxylic acids is 2. The summed E-state index contributed by atoms with van der Waals surface area (Å²) < 4.78 is 0. The maximum absolute atomic E-state index is 11.4. The third kappa shape index (κ3) is 4.45. The number of nitro benzene ring substituents is 1. The number of nitro groups is 1. The molecule has 0 unspecified atom stereocenters. The highest BCUT2D eigenvalue weighted by Crippen LogP contribution is 2.40. The molecule has 0 fully saturated rings. The molecule has 2 N–H and O–H groups in total. The number of anilines is 1. The van der Waals surface area contributed by atoms with Crippen LogP contribution in [0.25, 0.3) is 0 Å². The first-order valence-corrected chi connectivity index (χ1v) is 9.00. The summed E-state index contributed by atoms with van der Waals surface area (Å²) in [7, 11) is 3.42. The first kappa shape index (κ1) is 19.6. The van der Waals surface area contributed by atoms with Crippen molar-refractivity contribution in [1.82, 2.24) is 0 Å². The molecule has 0 radical (unpaired) electrons. The molecule has 26 heavy (non-hydrogen) atoms. The third-order valence-corrected chi connectivity index (χ3v) is 5.55. The summed E-state index contributed by atoms with van der Waals surface area (Å²) >= 11 is 0. The van der Waals surface area contributed by atoms with Gasteiger partial charge in [-0.2, -0.15) is 0 Å². The van der Waals surface area contributed by atoms with Gasteiger partial charge in [0.15, 0.2) is 0 Å². The fourth-order valence-electron chi connectivity index (χ4n) is 2.01. The first-order chi connectivity index (χ1) is 12.2. The number of nitrogens with zero attached hydrogens (tertiary/aromatic N) is 2. The largest absolute Gasteiger partial charge is 0.758 e. The minimum atomic E-state index is -1.42. The van der Waals surface area contributed by atoms with E-state index in [1.54, 1.807) is 6.07 Å². The van der Waals surface area contributed by atoms with Crippen molar-refractivity contribution in [2.45, 2.75) is 9.79 Å². The van der Waals surface area contributed by atoms with Gasteiger partial charge in [0.25, 0.3) is 5.69 Å². The van der Waals surface area contributed by atoms with Crippen molar-refractivity contribution in [2.75, 3.05) is 12.1 Å². The summed E-state index contributed by atoms with van der Waals surface area (Å²) in [5, 5.41) is 41.0. The van der Waals surface area contributed by atoms with E-state index < -0.39 is 28.1 Å². The number of carbonyl (C=O) groups is 2. The van der Waals surface area contributed by atoms with Crippen LogP contribution >= 0.6 is 21.6 Å². The Morgan fingerprint density at radius 2 is 1.50 bits per heavy atom. The Morgan fingerprint density at radius 3 is 1.96 bits per heavy atom. The van der Waals surface area contributed by atoms with Crippen molar-refractivity contribution in [3.8, 4) is 0 Å². The molecular formula is C15H11N2O7S2-. The van der Waals surface area contributed by atoms with E-state index in [9.17, 15) is 30.0 Å². The van der Waals surface area contributed by atoms with Gasteiger partial charge in [-0.3, -0.25) is 10.1 Å². The molecule has 0 saturated carbocycles. The van der Waals surface area contributed by atoms with Gasteiger partial charge >= 0.3 is 11.9 Å². The normalized spacial score (nSPS) is 10.4. The second-order valence-corrected chi connectivity index (χ2v) is 7.17. The Bertz CT molecular complexity index is 886. The SMILES string of the molecule is CN([O-])c1ccc(SSc2ccc([N+](=O)[O-])c(C(=O)O)c2)cc1C(=O)O. The topological polar surface area (TPSA) is 144 Å². The van der Waals surface area contributed by atoms with Gasteiger partial charge in [-0.05, 0) is 37.4 Å². The standard InChI is InChI=1S/C15H11N2O7S2/c1-16(22)12-4-2-8(6-10(12)14(18)19)25-26-9-3-5-13(17(23)24)11(7-9)15(20)21/h2-7H,1H3,(H,18,19)(H,20,21)/q-1. The molecule has 136 valence electrons. The number of rotatable bonds is 7. The van der Waals surface area contributed by atoms with Crippen molar-refractivity contribution < 1.29 is 24.7 Å². The van der Waals surface area contributed by atoms with E-state index in [0.29, 0.717) is 14.9 Å². The van der Waals surface area contributed by atoms with Gasteiger partial charge < -0.3 is 20.5 Å². The van der Waals surface area contributed by atoms with Gasteiger partial charge in [-0.25, -0.2) is 9.59 Å². The van der Waals surface area contributed by atoms with Gasteiger partial charge in [0, 0.05) is 21.5 Å². The summed E-state index contributed by atoms with van der Waals surface area (Å²) in [4.78, 5) is 33.5. The van der Waals surface area contributed by atoms with E-state index in [1.165, 1.54) is 31.3 Å². The monoisotopic (exact) mass is 395 g/mol. The zero-order valence-electron chi connectivity index (χ0n) is 13.1. The van der Waals surface area contributed by atoms with E-state index >= 15 is 0 Å². The predicted molar refractivity (Wildman–Crippen MR) is 96.9 cm³/mol. The molecule has 0 spiro atoms. The van der Waals surface area contributed by atoms with Crippen molar-refractivity contribution in [3.05, 3.63) is 62.8 Å². The van der Waals surface area contributed by atoms with Crippen LogP contribution in [0, 0.1) is 15.3 Å². The van der Waals surface area contributed by atoms with Crippen molar-refractivity contribution >= 4 is 44.9 Å². The Hall–Kier alpha value is -2.76. The molecule has 9 nitrogen and oxygen atoms in total. The molecule has 11 heteroatoms. The lowest BCUT2D eigenvalue weighted by atomic mass is 10.2. The molecule has 0 bridgehead atoms. The van der Waals surface area contributed by atoms with Crippen molar-refractivity contribution in [1.29, 1.82) is 0 Å². The number of hydrogen-bond donors (Lipinski definition) is 2. The van der Waals surface area contributed by atoms with Crippen molar-refractivity contribution in [2.24, 2.45) is 0 Å². The molecule has 0 heterocycles. The molecule has 0 saturated heterocycles. The highest BCUT2D eigenvalue weighted by atomic mass is 33.1. The summed E-state index contributed by atoms with van der Waals surface area (Å²) in [5.41, 5.74) is -1.10. The Labute approximate surface area is 154 Å². The molecule has 0 aliphatic heterocycles. The average molecular weight is 395 g/mol. The van der Waals surface area contributed by atoms with Crippen LogP contribution in [0.15, 0.2) is 46.2 Å². The van der Waals surface area contributed by atoms with E-state index in [0.717, 1.165) is 27.7 Å². The summed E-state index contributed by atoms with van der Waals surface area (Å²) in [6.45, 7) is 0. The lowest BCUT2D eigenvalue weighted by molar-refractivity contribution is -0.385. The van der Waals surface area contributed by atoms with Crippen LogP contribution in [0.4, 0.5) is 11.4 Å². The average Bonchev–Trinajstić information content (AvgIpc) is 2.59. The molecule has 0 aromatic heterocycles. The maximum atomic E-state index is 11.4. The van der Waals surface area contributed by atoms with E-state index in [-0.39, 0.29) is 11.3 Å². The number of benzene rings is 2. The van der Waals surface area contributed by atoms with E-state index in [1.807, 2.05) is 0 Å². The summed E-state index contributed by atoms with van der Waals surface area (Å²) in [6, 6.07) is 7.93. The predicted octanol–water partition coefficient (Wildman–Crippen LogP) is 3.72. The number of carboxylic acids is 2. The first-order valence-electron chi connectivity index (χ1n) is 6.85. The van der Waals surface area contributed by atoms with Crippen molar-refractivity contribution in [3.63, 3.8) is 0 Å². The molecular weight excluding hydrogens is 384 g/mol. The Balaban J connectivity index is 2.25. The molecule has 2 aromatic rings. The van der Waals surface area contributed by atoms with Crippen LogP contribution in [0.1, 0.15) is 20.7 Å². The minimum Gasteiger partial charge on any atom is -0.758 e. The zero-order valence-corrected chi connectivity index (χ0v) is 14.7. The van der Waals surface area contributed by atoms with Crippen LogP contribution in [0.2, 0.25) is 0 Å². The quantitative estimate of drug-likeness (QED) is 0.404. The van der Waals surface area contributed by atoms with Crippen LogP contribution in [-0.4, -0.2) is 34.1 Å². The van der Waals surface area contributed by atoms with Crippen LogP contribution in [-0.2, 0) is 0 Å².